The topological polar surface area (TPSA) is 35.5 Å². The molecule has 3 rings (SSSR count). The zero-order valence-electron chi connectivity index (χ0n) is 16.6. The summed E-state index contributed by atoms with van der Waals surface area (Å²) in [5.41, 5.74) is 3.32. The van der Waals surface area contributed by atoms with Crippen LogP contribution in [-0.2, 0) is 21.4 Å². The largest absolute Gasteiger partial charge is 0.496 e. The number of rotatable bonds is 3. The highest BCUT2D eigenvalue weighted by atomic mass is 16.5. The fraction of sp³-hybridized carbons (Fsp3) is 0.682. The second kappa shape index (κ2) is 6.34. The lowest BCUT2D eigenvalue weighted by atomic mass is 9.49. The molecule has 1 aromatic carbocycles. The summed E-state index contributed by atoms with van der Waals surface area (Å²) in [7, 11) is 3.26. The van der Waals surface area contributed by atoms with Gasteiger partial charge in [0.25, 0.3) is 0 Å². The van der Waals surface area contributed by atoms with Crippen LogP contribution in [0.25, 0.3) is 0 Å². The highest BCUT2D eigenvalue weighted by Gasteiger charge is 2.57. The van der Waals surface area contributed by atoms with Crippen LogP contribution in [0, 0.1) is 11.3 Å². The van der Waals surface area contributed by atoms with E-state index >= 15 is 0 Å². The van der Waals surface area contributed by atoms with Crippen molar-refractivity contribution in [2.45, 2.75) is 71.1 Å². The van der Waals surface area contributed by atoms with E-state index in [9.17, 15) is 4.79 Å². The van der Waals surface area contributed by atoms with E-state index in [1.54, 1.807) is 7.11 Å². The first kappa shape index (κ1) is 18.3. The minimum Gasteiger partial charge on any atom is -0.496 e. The van der Waals surface area contributed by atoms with Crippen LogP contribution in [0.1, 0.15) is 76.0 Å². The molecule has 0 heterocycles. The number of benzene rings is 1. The van der Waals surface area contributed by atoms with Crippen molar-refractivity contribution in [3.8, 4) is 5.75 Å². The summed E-state index contributed by atoms with van der Waals surface area (Å²) in [6.45, 7) is 9.02. The summed E-state index contributed by atoms with van der Waals surface area (Å²) in [6.07, 6.45) is 5.20. The molecule has 3 nitrogen and oxygen atoms in total. The molecule has 2 atom stereocenters. The maximum absolute atomic E-state index is 13.1. The first-order valence-electron chi connectivity index (χ1n) is 9.57. The predicted molar refractivity (Wildman–Crippen MR) is 100 cm³/mol. The van der Waals surface area contributed by atoms with Crippen LogP contribution >= 0.6 is 0 Å². The number of hydrogen-bond acceptors (Lipinski definition) is 3. The molecule has 1 fully saturated rings. The maximum Gasteiger partial charge on any atom is 0.316 e. The fourth-order valence-electron chi connectivity index (χ4n) is 5.53. The average Bonchev–Trinajstić information content (AvgIpc) is 2.58. The van der Waals surface area contributed by atoms with Gasteiger partial charge in [0.05, 0.1) is 19.6 Å². The summed E-state index contributed by atoms with van der Waals surface area (Å²) in [5, 5.41) is 0. The van der Waals surface area contributed by atoms with E-state index in [0.717, 1.165) is 37.0 Å². The Labute approximate surface area is 152 Å². The summed E-state index contributed by atoms with van der Waals surface area (Å²) < 4.78 is 11.1. The Kier molecular flexibility index (Phi) is 4.63. The quantitative estimate of drug-likeness (QED) is 0.724. The molecule has 0 amide bonds. The monoisotopic (exact) mass is 344 g/mol. The standard InChI is InChI=1S/C22H32O3/c1-14(2)16-12-15-8-9-19-21(3,4)10-7-11-22(19,20(23)25-6)17(15)13-18(16)24-5/h12-14,19H,7-11H2,1-6H3. The van der Waals surface area contributed by atoms with Gasteiger partial charge < -0.3 is 9.47 Å². The number of methoxy groups -OCH3 is 2. The van der Waals surface area contributed by atoms with Gasteiger partial charge in [0.2, 0.25) is 0 Å². The first-order chi connectivity index (χ1) is 11.8. The first-order valence-corrected chi connectivity index (χ1v) is 9.57. The van der Waals surface area contributed by atoms with Crippen LogP contribution in [0.2, 0.25) is 0 Å². The molecule has 0 spiro atoms. The van der Waals surface area contributed by atoms with Gasteiger partial charge in [0.15, 0.2) is 0 Å². The minimum absolute atomic E-state index is 0.0643. The number of aryl methyl sites for hydroxylation is 1. The second-order valence-corrected chi connectivity index (χ2v) is 8.80. The molecule has 0 radical (unpaired) electrons. The second-order valence-electron chi connectivity index (χ2n) is 8.80. The molecule has 138 valence electrons. The van der Waals surface area contributed by atoms with Crippen LogP contribution < -0.4 is 4.74 Å². The molecule has 3 heteroatoms. The number of esters is 1. The van der Waals surface area contributed by atoms with Crippen molar-refractivity contribution < 1.29 is 14.3 Å². The lowest BCUT2D eigenvalue weighted by molar-refractivity contribution is -0.156. The van der Waals surface area contributed by atoms with Gasteiger partial charge in [-0.05, 0) is 65.7 Å². The zero-order valence-corrected chi connectivity index (χ0v) is 16.6. The Morgan fingerprint density at radius 2 is 1.92 bits per heavy atom. The molecule has 25 heavy (non-hydrogen) atoms. The van der Waals surface area contributed by atoms with Crippen LogP contribution in [-0.4, -0.2) is 20.2 Å². The summed E-state index contributed by atoms with van der Waals surface area (Å²) >= 11 is 0. The van der Waals surface area contributed by atoms with Gasteiger partial charge >= 0.3 is 5.97 Å². The van der Waals surface area contributed by atoms with Crippen LogP contribution in [0.3, 0.4) is 0 Å². The van der Waals surface area contributed by atoms with Gasteiger partial charge in [-0.1, -0.05) is 40.2 Å². The summed E-state index contributed by atoms with van der Waals surface area (Å²) in [5.74, 6) is 1.56. The normalized spacial score (nSPS) is 27.4. The average molecular weight is 344 g/mol. The Bertz CT molecular complexity index is 674. The summed E-state index contributed by atoms with van der Waals surface area (Å²) in [4.78, 5) is 13.1. The highest BCUT2D eigenvalue weighted by Crippen LogP contribution is 2.58. The van der Waals surface area contributed by atoms with Crippen LogP contribution in [0.15, 0.2) is 12.1 Å². The lowest BCUT2D eigenvalue weighted by Gasteiger charge is -2.54. The minimum atomic E-state index is -0.521. The Balaban J connectivity index is 2.25. The van der Waals surface area contributed by atoms with Crippen LogP contribution in [0.4, 0.5) is 0 Å². The Morgan fingerprint density at radius 1 is 1.20 bits per heavy atom. The molecule has 0 aromatic heterocycles. The van der Waals surface area contributed by atoms with Gasteiger partial charge in [0, 0.05) is 0 Å². The number of ether oxygens (including phenoxy) is 2. The number of carbonyl (C=O) groups excluding carboxylic acids is 1. The Hall–Kier alpha value is -1.51. The molecular weight excluding hydrogens is 312 g/mol. The van der Waals surface area contributed by atoms with E-state index in [-0.39, 0.29) is 11.4 Å². The SMILES string of the molecule is COC(=O)C12CCCC(C)(C)C1CCc1cc(C(C)C)c(OC)cc12. The molecular formula is C22H32O3. The molecule has 2 aliphatic rings. The van der Waals surface area contributed by atoms with Crippen molar-refractivity contribution in [2.75, 3.05) is 14.2 Å². The van der Waals surface area contributed by atoms with E-state index in [1.807, 2.05) is 0 Å². The number of fused-ring (bicyclic) bond motifs is 3. The van der Waals surface area contributed by atoms with Gasteiger partial charge in [-0.15, -0.1) is 0 Å². The number of hydrogen-bond donors (Lipinski definition) is 0. The fourth-order valence-corrected chi connectivity index (χ4v) is 5.53. The predicted octanol–water partition coefficient (Wildman–Crippen LogP) is 5.00. The van der Waals surface area contributed by atoms with E-state index < -0.39 is 5.41 Å². The molecule has 1 aromatic rings. The molecule has 0 aliphatic heterocycles. The third-order valence-corrected chi connectivity index (χ3v) is 6.74. The van der Waals surface area contributed by atoms with E-state index in [2.05, 4.69) is 39.8 Å². The molecule has 1 saturated carbocycles. The zero-order chi connectivity index (χ0) is 18.4. The van der Waals surface area contributed by atoms with Gasteiger partial charge in [0.1, 0.15) is 5.75 Å². The van der Waals surface area contributed by atoms with Crippen LogP contribution in [0.5, 0.6) is 5.75 Å². The van der Waals surface area contributed by atoms with E-state index in [4.69, 9.17) is 9.47 Å². The maximum atomic E-state index is 13.1. The molecule has 0 saturated heterocycles. The smallest absolute Gasteiger partial charge is 0.316 e. The molecule has 0 bridgehead atoms. The van der Waals surface area contributed by atoms with Crippen molar-refractivity contribution in [1.29, 1.82) is 0 Å². The van der Waals surface area contributed by atoms with Gasteiger partial charge in [-0.2, -0.15) is 0 Å². The van der Waals surface area contributed by atoms with Crippen molar-refractivity contribution in [2.24, 2.45) is 11.3 Å². The van der Waals surface area contributed by atoms with Crippen molar-refractivity contribution in [1.82, 2.24) is 0 Å². The van der Waals surface area contributed by atoms with Crippen molar-refractivity contribution in [3.63, 3.8) is 0 Å². The molecule has 2 unspecified atom stereocenters. The summed E-state index contributed by atoms with van der Waals surface area (Å²) in [6, 6.07) is 4.43. The van der Waals surface area contributed by atoms with Gasteiger partial charge in [-0.3, -0.25) is 4.79 Å². The Morgan fingerprint density at radius 3 is 2.52 bits per heavy atom. The highest BCUT2D eigenvalue weighted by molar-refractivity contribution is 5.85. The van der Waals surface area contributed by atoms with Crippen molar-refractivity contribution >= 4 is 5.97 Å². The lowest BCUT2D eigenvalue weighted by Crippen LogP contribution is -2.54. The molecule has 0 N–H and O–H groups in total. The van der Waals surface area contributed by atoms with Crippen molar-refractivity contribution in [3.05, 3.63) is 28.8 Å². The van der Waals surface area contributed by atoms with Gasteiger partial charge in [-0.25, -0.2) is 0 Å². The third-order valence-electron chi connectivity index (χ3n) is 6.74. The number of carbonyl (C=O) groups is 1. The van der Waals surface area contributed by atoms with E-state index in [1.165, 1.54) is 24.7 Å². The molecule has 2 aliphatic carbocycles. The van der Waals surface area contributed by atoms with E-state index in [0.29, 0.717) is 11.8 Å². The third kappa shape index (κ3) is 2.67.